The Kier molecular flexibility index (Phi) is 4.07. The number of nitrogens with zero attached hydrogens (tertiary/aromatic N) is 1. The second-order valence-corrected chi connectivity index (χ2v) is 5.88. The first-order valence-electron chi connectivity index (χ1n) is 6.82. The first-order chi connectivity index (χ1) is 9.37. The van der Waals surface area contributed by atoms with Crippen molar-refractivity contribution >= 4 is 12.6 Å². The summed E-state index contributed by atoms with van der Waals surface area (Å²) < 4.78 is 17.7. The summed E-state index contributed by atoms with van der Waals surface area (Å²) in [4.78, 5) is 0. The molecule has 4 nitrogen and oxygen atoms in total. The van der Waals surface area contributed by atoms with Crippen molar-refractivity contribution in [2.24, 2.45) is 0 Å². The quantitative estimate of drug-likeness (QED) is 0.623. The fourth-order valence-corrected chi connectivity index (χ4v) is 1.98. The van der Waals surface area contributed by atoms with Gasteiger partial charge in [0.05, 0.1) is 23.7 Å². The first kappa shape index (κ1) is 14.9. The second-order valence-electron chi connectivity index (χ2n) is 5.88. The molecule has 0 N–H and O–H groups in total. The number of rotatable bonds is 4. The maximum absolute atomic E-state index is 8.58. The molecule has 0 bridgehead atoms. The van der Waals surface area contributed by atoms with Crippen LogP contribution >= 0.6 is 0 Å². The van der Waals surface area contributed by atoms with Crippen LogP contribution in [0.25, 0.3) is 0 Å². The molecule has 106 valence electrons. The molecule has 5 heteroatoms. The van der Waals surface area contributed by atoms with Crippen molar-refractivity contribution in [2.45, 2.75) is 45.3 Å². The van der Waals surface area contributed by atoms with Gasteiger partial charge in [0.25, 0.3) is 0 Å². The van der Waals surface area contributed by atoms with Gasteiger partial charge in [-0.1, -0.05) is 18.2 Å². The minimum Gasteiger partial charge on any atom is -0.493 e. The molecular weight excluding hydrogens is 253 g/mol. The van der Waals surface area contributed by atoms with Crippen molar-refractivity contribution in [2.75, 3.05) is 6.61 Å². The Morgan fingerprint density at radius 3 is 2.35 bits per heavy atom. The lowest BCUT2D eigenvalue weighted by molar-refractivity contribution is 0.00578. The molecule has 2 rings (SSSR count). The van der Waals surface area contributed by atoms with Gasteiger partial charge in [0.2, 0.25) is 0 Å². The molecule has 0 radical (unpaired) electrons. The van der Waals surface area contributed by atoms with Gasteiger partial charge in [-0.05, 0) is 33.8 Å². The third-order valence-corrected chi connectivity index (χ3v) is 3.90. The van der Waals surface area contributed by atoms with Crippen LogP contribution in [-0.4, -0.2) is 24.9 Å². The largest absolute Gasteiger partial charge is 0.498 e. The topological polar surface area (TPSA) is 51.5 Å². The minimum absolute atomic E-state index is 0.359. The highest BCUT2D eigenvalue weighted by atomic mass is 16.7. The SMILES string of the molecule is CC1(C)OB(c2ccccc2OCCC#N)OC1(C)C. The first-order valence-corrected chi connectivity index (χ1v) is 6.82. The van der Waals surface area contributed by atoms with Gasteiger partial charge in [-0.2, -0.15) is 5.26 Å². The molecule has 0 saturated carbocycles. The van der Waals surface area contributed by atoms with Crippen LogP contribution in [0, 0.1) is 11.3 Å². The van der Waals surface area contributed by atoms with Gasteiger partial charge in [-0.25, -0.2) is 0 Å². The summed E-state index contributed by atoms with van der Waals surface area (Å²) in [6, 6.07) is 9.70. The highest BCUT2D eigenvalue weighted by Gasteiger charge is 2.52. The summed E-state index contributed by atoms with van der Waals surface area (Å²) in [6.45, 7) is 8.45. The van der Waals surface area contributed by atoms with E-state index in [0.29, 0.717) is 18.8 Å². The number of benzene rings is 1. The Hall–Kier alpha value is -1.51. The normalized spacial score (nSPS) is 19.6. The molecule has 0 amide bonds. The number of para-hydroxylation sites is 1. The van der Waals surface area contributed by atoms with E-state index in [9.17, 15) is 0 Å². The fraction of sp³-hybridized carbons (Fsp3) is 0.533. The molecule has 0 unspecified atom stereocenters. The standard InChI is InChI=1S/C15H20BNO3/c1-14(2)15(3,4)20-16(19-14)12-8-5-6-9-13(12)18-11-7-10-17/h5-6,8-9H,7,11H2,1-4H3. The van der Waals surface area contributed by atoms with Crippen molar-refractivity contribution in [3.8, 4) is 11.8 Å². The van der Waals surface area contributed by atoms with Gasteiger partial charge in [-0.3, -0.25) is 0 Å². The average molecular weight is 273 g/mol. The molecule has 0 atom stereocenters. The van der Waals surface area contributed by atoms with E-state index in [-0.39, 0.29) is 11.2 Å². The van der Waals surface area contributed by atoms with Gasteiger partial charge in [-0.15, -0.1) is 0 Å². The smallest absolute Gasteiger partial charge is 0.493 e. The van der Waals surface area contributed by atoms with Gasteiger partial charge < -0.3 is 14.0 Å². The van der Waals surface area contributed by atoms with Crippen molar-refractivity contribution < 1.29 is 14.0 Å². The molecule has 1 fully saturated rings. The fourth-order valence-electron chi connectivity index (χ4n) is 1.98. The zero-order valence-electron chi connectivity index (χ0n) is 12.5. The Morgan fingerprint density at radius 2 is 1.75 bits per heavy atom. The Balaban J connectivity index is 2.20. The van der Waals surface area contributed by atoms with E-state index in [4.69, 9.17) is 19.3 Å². The average Bonchev–Trinajstić information content (AvgIpc) is 2.59. The van der Waals surface area contributed by atoms with Crippen LogP contribution in [0.15, 0.2) is 24.3 Å². The minimum atomic E-state index is -0.446. The van der Waals surface area contributed by atoms with E-state index in [0.717, 1.165) is 5.46 Å². The maximum Gasteiger partial charge on any atom is 0.498 e. The Labute approximate surface area is 120 Å². The van der Waals surface area contributed by atoms with E-state index >= 15 is 0 Å². The number of nitriles is 1. The van der Waals surface area contributed by atoms with Crippen molar-refractivity contribution in [1.29, 1.82) is 5.26 Å². The van der Waals surface area contributed by atoms with Gasteiger partial charge in [0.1, 0.15) is 12.4 Å². The lowest BCUT2D eigenvalue weighted by atomic mass is 9.78. The molecule has 1 aliphatic heterocycles. The highest BCUT2D eigenvalue weighted by molar-refractivity contribution is 6.63. The second kappa shape index (κ2) is 5.47. The van der Waals surface area contributed by atoms with Crippen molar-refractivity contribution in [3.05, 3.63) is 24.3 Å². The summed E-state index contributed by atoms with van der Waals surface area (Å²) in [5, 5.41) is 8.58. The van der Waals surface area contributed by atoms with Crippen LogP contribution in [-0.2, 0) is 9.31 Å². The zero-order valence-corrected chi connectivity index (χ0v) is 12.5. The number of hydrogen-bond donors (Lipinski definition) is 0. The van der Waals surface area contributed by atoms with Gasteiger partial charge in [0.15, 0.2) is 0 Å². The monoisotopic (exact) mass is 273 g/mol. The van der Waals surface area contributed by atoms with Crippen LogP contribution in [0.2, 0.25) is 0 Å². The third kappa shape index (κ3) is 2.82. The summed E-state index contributed by atoms with van der Waals surface area (Å²) in [6.07, 6.45) is 0.359. The zero-order chi connectivity index (χ0) is 14.8. The summed E-state index contributed by atoms with van der Waals surface area (Å²) >= 11 is 0. The summed E-state index contributed by atoms with van der Waals surface area (Å²) in [7, 11) is -0.446. The third-order valence-electron chi connectivity index (χ3n) is 3.90. The summed E-state index contributed by atoms with van der Waals surface area (Å²) in [5.74, 6) is 0.709. The molecule has 0 spiro atoms. The van der Waals surface area contributed by atoms with E-state index < -0.39 is 7.12 Å². The van der Waals surface area contributed by atoms with Crippen LogP contribution in [0.5, 0.6) is 5.75 Å². The molecule has 0 aliphatic carbocycles. The van der Waals surface area contributed by atoms with Crippen molar-refractivity contribution in [3.63, 3.8) is 0 Å². The van der Waals surface area contributed by atoms with Gasteiger partial charge >= 0.3 is 7.12 Å². The van der Waals surface area contributed by atoms with Crippen LogP contribution in [0.4, 0.5) is 0 Å². The van der Waals surface area contributed by atoms with Crippen LogP contribution in [0.3, 0.4) is 0 Å². The lowest BCUT2D eigenvalue weighted by Crippen LogP contribution is -2.41. The number of hydrogen-bond acceptors (Lipinski definition) is 4. The highest BCUT2D eigenvalue weighted by Crippen LogP contribution is 2.37. The van der Waals surface area contributed by atoms with E-state index in [1.165, 1.54) is 0 Å². The van der Waals surface area contributed by atoms with Crippen LogP contribution in [0.1, 0.15) is 34.1 Å². The maximum atomic E-state index is 8.58. The molecule has 1 aromatic carbocycles. The molecule has 1 aliphatic rings. The van der Waals surface area contributed by atoms with Crippen molar-refractivity contribution in [1.82, 2.24) is 0 Å². The molecular formula is C15H20BNO3. The molecule has 1 saturated heterocycles. The lowest BCUT2D eigenvalue weighted by Gasteiger charge is -2.32. The molecule has 0 aromatic heterocycles. The Morgan fingerprint density at radius 1 is 1.15 bits per heavy atom. The summed E-state index contributed by atoms with van der Waals surface area (Å²) in [5.41, 5.74) is 0.110. The van der Waals surface area contributed by atoms with Crippen LogP contribution < -0.4 is 10.2 Å². The molecule has 20 heavy (non-hydrogen) atoms. The predicted octanol–water partition coefficient (Wildman–Crippen LogP) is 2.28. The molecule has 1 heterocycles. The van der Waals surface area contributed by atoms with Gasteiger partial charge in [0, 0.05) is 5.46 Å². The molecule has 1 aromatic rings. The van der Waals surface area contributed by atoms with E-state index in [2.05, 4.69) is 6.07 Å². The Bertz CT molecular complexity index is 506. The number of ether oxygens (including phenoxy) is 1. The predicted molar refractivity (Wildman–Crippen MR) is 77.9 cm³/mol. The van der Waals surface area contributed by atoms with E-state index in [1.807, 2.05) is 52.0 Å². The van der Waals surface area contributed by atoms with E-state index in [1.54, 1.807) is 0 Å².